The van der Waals surface area contributed by atoms with Crippen LogP contribution in [0, 0.1) is 17.7 Å². The lowest BCUT2D eigenvalue weighted by molar-refractivity contribution is -0.122. The average Bonchev–Trinajstić information content (AvgIpc) is 3.17. The highest BCUT2D eigenvalue weighted by Crippen LogP contribution is 2.27. The summed E-state index contributed by atoms with van der Waals surface area (Å²) in [7, 11) is 0. The largest absolute Gasteiger partial charge is 0.356 e. The van der Waals surface area contributed by atoms with Crippen molar-refractivity contribution in [2.24, 2.45) is 11.8 Å². The molecule has 2 N–H and O–H groups in total. The molecule has 27 heavy (non-hydrogen) atoms. The van der Waals surface area contributed by atoms with Gasteiger partial charge in [0.25, 0.3) is 0 Å². The lowest BCUT2D eigenvalue weighted by Crippen LogP contribution is -2.41. The molecule has 1 aromatic carbocycles. The molecule has 3 amide bonds. The Labute approximate surface area is 160 Å². The zero-order valence-electron chi connectivity index (χ0n) is 15.9. The Morgan fingerprint density at radius 1 is 1.00 bits per heavy atom. The minimum absolute atomic E-state index is 0.134. The van der Waals surface area contributed by atoms with Gasteiger partial charge in [-0.3, -0.25) is 4.79 Å². The van der Waals surface area contributed by atoms with Gasteiger partial charge in [0.15, 0.2) is 0 Å². The third kappa shape index (κ3) is 6.22. The van der Waals surface area contributed by atoms with Gasteiger partial charge in [0.1, 0.15) is 5.82 Å². The highest BCUT2D eigenvalue weighted by Gasteiger charge is 2.23. The Kier molecular flexibility index (Phi) is 7.07. The molecular formula is C21H30FN3O2. The van der Waals surface area contributed by atoms with Crippen LogP contribution in [0.5, 0.6) is 0 Å². The molecule has 0 spiro atoms. The Bertz CT molecular complexity index is 621. The van der Waals surface area contributed by atoms with Gasteiger partial charge in [-0.05, 0) is 68.2 Å². The van der Waals surface area contributed by atoms with Gasteiger partial charge in [0, 0.05) is 31.7 Å². The molecule has 0 bridgehead atoms. The molecule has 1 aromatic rings. The summed E-state index contributed by atoms with van der Waals surface area (Å²) in [5.41, 5.74) is 0.605. The lowest BCUT2D eigenvalue weighted by Gasteiger charge is -2.32. The van der Waals surface area contributed by atoms with Crippen LogP contribution in [0.2, 0.25) is 0 Å². The van der Waals surface area contributed by atoms with Crippen LogP contribution in [-0.4, -0.2) is 36.5 Å². The molecular weight excluding hydrogens is 345 g/mol. The van der Waals surface area contributed by atoms with Crippen molar-refractivity contribution in [2.45, 2.75) is 51.4 Å². The number of amides is 3. The van der Waals surface area contributed by atoms with Gasteiger partial charge in [0.05, 0.1) is 0 Å². The van der Waals surface area contributed by atoms with Crippen LogP contribution >= 0.6 is 0 Å². The predicted molar refractivity (Wildman–Crippen MR) is 104 cm³/mol. The number of likely N-dealkylation sites (tertiary alicyclic amines) is 1. The monoisotopic (exact) mass is 375 g/mol. The molecule has 2 aliphatic rings. The van der Waals surface area contributed by atoms with E-state index in [4.69, 9.17) is 0 Å². The van der Waals surface area contributed by atoms with Crippen LogP contribution < -0.4 is 10.6 Å². The zero-order chi connectivity index (χ0) is 19.1. The van der Waals surface area contributed by atoms with Gasteiger partial charge in [-0.25, -0.2) is 9.18 Å². The van der Waals surface area contributed by atoms with E-state index in [-0.39, 0.29) is 17.8 Å². The minimum Gasteiger partial charge on any atom is -0.356 e. The van der Waals surface area contributed by atoms with Crippen LogP contribution in [0.1, 0.15) is 51.4 Å². The van der Waals surface area contributed by atoms with E-state index in [2.05, 4.69) is 10.6 Å². The molecule has 0 aromatic heterocycles. The van der Waals surface area contributed by atoms with Crippen molar-refractivity contribution in [3.8, 4) is 0 Å². The standard InChI is InChI=1S/C21H30FN3O2/c22-18-5-7-19(8-6-18)24-21(27)25-13-10-16(11-14-25)9-12-23-20(26)15-17-3-1-2-4-17/h5-8,16-17H,1-4,9-15H2,(H,23,26)(H,24,27). The van der Waals surface area contributed by atoms with Gasteiger partial charge in [-0.1, -0.05) is 12.8 Å². The first-order valence-electron chi connectivity index (χ1n) is 10.2. The summed E-state index contributed by atoms with van der Waals surface area (Å²) in [5.74, 6) is 1.02. The normalized spacial score (nSPS) is 18.5. The second kappa shape index (κ2) is 9.72. The van der Waals surface area contributed by atoms with E-state index in [9.17, 15) is 14.0 Å². The molecule has 3 rings (SSSR count). The molecule has 5 nitrogen and oxygen atoms in total. The fourth-order valence-electron chi connectivity index (χ4n) is 4.13. The summed E-state index contributed by atoms with van der Waals surface area (Å²) in [5, 5.41) is 5.87. The first-order chi connectivity index (χ1) is 13.1. The first-order valence-corrected chi connectivity index (χ1v) is 10.2. The second-order valence-corrected chi connectivity index (χ2v) is 7.86. The van der Waals surface area contributed by atoms with Gasteiger partial charge in [0.2, 0.25) is 5.91 Å². The molecule has 1 aliphatic carbocycles. The number of urea groups is 1. The summed E-state index contributed by atoms with van der Waals surface area (Å²) in [6, 6.07) is 5.67. The molecule has 1 saturated heterocycles. The number of carbonyl (C=O) groups is 2. The molecule has 0 atom stereocenters. The highest BCUT2D eigenvalue weighted by molar-refractivity contribution is 5.89. The topological polar surface area (TPSA) is 61.4 Å². The molecule has 148 valence electrons. The van der Waals surface area contributed by atoms with Crippen LogP contribution in [-0.2, 0) is 4.79 Å². The fourth-order valence-corrected chi connectivity index (χ4v) is 4.13. The number of benzene rings is 1. The Morgan fingerprint density at radius 3 is 2.33 bits per heavy atom. The van der Waals surface area contributed by atoms with E-state index in [1.807, 2.05) is 0 Å². The van der Waals surface area contributed by atoms with E-state index < -0.39 is 0 Å². The number of rotatable bonds is 6. The van der Waals surface area contributed by atoms with Crippen molar-refractivity contribution >= 4 is 17.6 Å². The zero-order valence-corrected chi connectivity index (χ0v) is 15.9. The number of piperidine rings is 1. The van der Waals surface area contributed by atoms with Crippen molar-refractivity contribution < 1.29 is 14.0 Å². The summed E-state index contributed by atoms with van der Waals surface area (Å²) in [6.07, 6.45) is 8.50. The summed E-state index contributed by atoms with van der Waals surface area (Å²) >= 11 is 0. The van der Waals surface area contributed by atoms with Crippen molar-refractivity contribution in [2.75, 3.05) is 25.0 Å². The maximum atomic E-state index is 12.9. The summed E-state index contributed by atoms with van der Waals surface area (Å²) in [4.78, 5) is 26.1. The van der Waals surface area contributed by atoms with E-state index in [1.54, 1.807) is 17.0 Å². The predicted octanol–water partition coefficient (Wildman–Crippen LogP) is 4.16. The fraction of sp³-hybridized carbons (Fsp3) is 0.619. The number of nitrogens with zero attached hydrogens (tertiary/aromatic N) is 1. The van der Waals surface area contributed by atoms with E-state index in [0.717, 1.165) is 25.8 Å². The van der Waals surface area contributed by atoms with Gasteiger partial charge < -0.3 is 15.5 Å². The third-order valence-electron chi connectivity index (χ3n) is 5.82. The van der Waals surface area contributed by atoms with E-state index in [1.165, 1.54) is 37.8 Å². The molecule has 6 heteroatoms. The molecule has 1 aliphatic heterocycles. The SMILES string of the molecule is O=C(CC1CCCC1)NCCC1CCN(C(=O)Nc2ccc(F)cc2)CC1. The van der Waals surface area contributed by atoms with Crippen molar-refractivity contribution in [3.63, 3.8) is 0 Å². The number of anilines is 1. The average molecular weight is 375 g/mol. The first kappa shape index (κ1) is 19.6. The Balaban J connectivity index is 1.30. The third-order valence-corrected chi connectivity index (χ3v) is 5.82. The quantitative estimate of drug-likeness (QED) is 0.784. The minimum atomic E-state index is -0.316. The second-order valence-electron chi connectivity index (χ2n) is 7.86. The molecule has 0 unspecified atom stereocenters. The van der Waals surface area contributed by atoms with E-state index >= 15 is 0 Å². The van der Waals surface area contributed by atoms with Crippen LogP contribution in [0.4, 0.5) is 14.9 Å². The lowest BCUT2D eigenvalue weighted by atomic mass is 9.93. The van der Waals surface area contributed by atoms with Crippen molar-refractivity contribution in [1.82, 2.24) is 10.2 Å². The molecule has 1 heterocycles. The number of halogens is 1. The number of nitrogens with one attached hydrogen (secondary N) is 2. The highest BCUT2D eigenvalue weighted by atomic mass is 19.1. The molecule has 2 fully saturated rings. The maximum Gasteiger partial charge on any atom is 0.321 e. The van der Waals surface area contributed by atoms with E-state index in [0.29, 0.717) is 37.0 Å². The van der Waals surface area contributed by atoms with Gasteiger partial charge >= 0.3 is 6.03 Å². The Morgan fingerprint density at radius 2 is 1.67 bits per heavy atom. The molecule has 1 saturated carbocycles. The van der Waals surface area contributed by atoms with Crippen molar-refractivity contribution in [1.29, 1.82) is 0 Å². The number of hydrogen-bond donors (Lipinski definition) is 2. The van der Waals surface area contributed by atoms with Crippen LogP contribution in [0.15, 0.2) is 24.3 Å². The van der Waals surface area contributed by atoms with Gasteiger partial charge in [-0.15, -0.1) is 0 Å². The smallest absolute Gasteiger partial charge is 0.321 e. The van der Waals surface area contributed by atoms with Crippen molar-refractivity contribution in [3.05, 3.63) is 30.1 Å². The maximum absolute atomic E-state index is 12.9. The summed E-state index contributed by atoms with van der Waals surface area (Å²) < 4.78 is 12.9. The van der Waals surface area contributed by atoms with Crippen LogP contribution in [0.25, 0.3) is 0 Å². The molecule has 0 radical (unpaired) electrons. The number of hydrogen-bond acceptors (Lipinski definition) is 2. The van der Waals surface area contributed by atoms with Gasteiger partial charge in [-0.2, -0.15) is 0 Å². The Hall–Kier alpha value is -2.11. The van der Waals surface area contributed by atoms with Crippen LogP contribution in [0.3, 0.4) is 0 Å². The number of carbonyl (C=O) groups excluding carboxylic acids is 2. The summed E-state index contributed by atoms with van der Waals surface area (Å²) in [6.45, 7) is 2.17.